The van der Waals surface area contributed by atoms with Gasteiger partial charge in [-0.15, -0.1) is 0 Å². The second kappa shape index (κ2) is 35.2. The maximum absolute atomic E-state index is 11.7. The van der Waals surface area contributed by atoms with E-state index in [1.54, 1.807) is 124 Å². The zero-order valence-electron chi connectivity index (χ0n) is 58.8. The van der Waals surface area contributed by atoms with Crippen LogP contribution in [0.15, 0.2) is 135 Å². The second-order valence-corrected chi connectivity index (χ2v) is 22.8. The second-order valence-electron chi connectivity index (χ2n) is 22.8. The van der Waals surface area contributed by atoms with E-state index >= 15 is 0 Å². The van der Waals surface area contributed by atoms with E-state index in [1.807, 2.05) is 90.1 Å². The lowest BCUT2D eigenvalue weighted by atomic mass is 10.1. The average Bonchev–Trinajstić information content (AvgIpc) is 1.75. The Hall–Kier alpha value is -12.9. The maximum Gasteiger partial charge on any atom is 0.354 e. The number of ketones is 3. The fourth-order valence-corrected chi connectivity index (χ4v) is 10.4. The summed E-state index contributed by atoms with van der Waals surface area (Å²) in [5.74, 6) is -2.88. The molecule has 12 rings (SSSR count). The van der Waals surface area contributed by atoms with Crippen molar-refractivity contribution in [3.8, 4) is 79.0 Å². The number of nitrogens with zero attached hydrogens (tertiary/aromatic N) is 18. The number of carboxylic acid groups (broad SMARTS) is 3. The van der Waals surface area contributed by atoms with Crippen LogP contribution in [0.25, 0.3) is 67.5 Å². The Kier molecular flexibility index (Phi) is 26.5. The highest BCUT2D eigenvalue weighted by Crippen LogP contribution is 2.29. The van der Waals surface area contributed by atoms with E-state index < -0.39 is 43.5 Å². The molecule has 0 atom stereocenters. The van der Waals surface area contributed by atoms with Crippen molar-refractivity contribution < 1.29 is 68.9 Å². The van der Waals surface area contributed by atoms with Gasteiger partial charge in [0.05, 0.1) is 102 Å². The third-order valence-corrected chi connectivity index (χ3v) is 15.1. The Balaban J connectivity index is 0.000000173. The minimum Gasteiger partial charge on any atom is -0.497 e. The number of methoxy groups -OCH3 is 2. The Bertz CT molecular complexity index is 5000. The summed E-state index contributed by atoms with van der Waals surface area (Å²) < 4.78 is 18.5. The van der Waals surface area contributed by atoms with Gasteiger partial charge in [-0.25, -0.2) is 14.4 Å². The number of aromatic carboxylic acids is 3. The highest BCUT2D eigenvalue weighted by molar-refractivity contribution is 6.03. The van der Waals surface area contributed by atoms with Gasteiger partial charge in [-0.1, -0.05) is 0 Å². The summed E-state index contributed by atoms with van der Waals surface area (Å²) in [7, 11) is 12.9. The van der Waals surface area contributed by atoms with Gasteiger partial charge < -0.3 is 40.1 Å². The van der Waals surface area contributed by atoms with Crippen molar-refractivity contribution >= 4 is 35.3 Å². The zero-order chi connectivity index (χ0) is 75.5. The standard InChI is InChI=1S/C13H15N3O2.C12H13N3O3.2C12H13N3O2.C11H11N3O3.C11H11N3O2/c1-8-4-9(2)15-11(5-8)10-6-14-16(3)13(10)12(18)7-17;1-15-12(11(17)7-16)9(6-14-15)10-5-8(18-2)3-4-13-10;1-7-4-8(2)14-10(5-7)9-6-13-15(3)11(9)12(16)17;1-8-3-4-13-10(5-8)9-6-14-15(2)12(9)11(17)7-16;1-14-10(11(15)16)8(6-13-14)9-5-7(17-2)3-4-12-9;1-7-3-4-12-9(5-7)8-6-13-14(2)10(8)11(15)16/h4-6,17H,7H2,1-3H3;3-6,16H,7H2,1-2H3;4-6H,1-3H3,(H,16,17);3-6,16H,7H2,1-2H3;3-6H,1-2H3,(H,15,16);3-6H,1-2H3,(H,15,16). The van der Waals surface area contributed by atoms with Crippen LogP contribution in [0.5, 0.6) is 11.5 Å². The fraction of sp³-hybridized carbons (Fsp3) is 0.239. The van der Waals surface area contributed by atoms with Crippen LogP contribution in [0, 0.1) is 41.5 Å². The number of aryl methyl sites for hydroxylation is 12. The first-order valence-electron chi connectivity index (χ1n) is 31.1. The molecule has 0 saturated carbocycles. The molecule has 12 aromatic heterocycles. The molecule has 534 valence electrons. The molecule has 32 heteroatoms. The Morgan fingerprint density at radius 2 is 0.563 bits per heavy atom. The number of carbonyl (C=O) groups excluding carboxylic acids is 3. The number of carbonyl (C=O) groups is 6. The zero-order valence-corrected chi connectivity index (χ0v) is 58.8. The number of hydrogen-bond donors (Lipinski definition) is 6. The number of rotatable bonds is 17. The quantitative estimate of drug-likeness (QED) is 0.0484. The van der Waals surface area contributed by atoms with Gasteiger partial charge in [0.25, 0.3) is 0 Å². The molecule has 32 nitrogen and oxygen atoms in total. The van der Waals surface area contributed by atoms with Crippen molar-refractivity contribution in [1.29, 1.82) is 0 Å². The largest absolute Gasteiger partial charge is 0.497 e. The van der Waals surface area contributed by atoms with Crippen LogP contribution in [0.4, 0.5) is 0 Å². The van der Waals surface area contributed by atoms with Crippen LogP contribution in [0.3, 0.4) is 0 Å². The van der Waals surface area contributed by atoms with E-state index in [1.165, 1.54) is 46.7 Å². The lowest BCUT2D eigenvalue weighted by Crippen LogP contribution is -2.12. The van der Waals surface area contributed by atoms with Gasteiger partial charge in [0.1, 0.15) is 48.4 Å². The molecular formula is C71H76N18O14. The first-order valence-corrected chi connectivity index (χ1v) is 31.1. The number of aliphatic hydroxyl groups is 3. The molecule has 103 heavy (non-hydrogen) atoms. The number of hydrogen-bond acceptors (Lipinski definition) is 23. The van der Waals surface area contributed by atoms with Crippen molar-refractivity contribution in [2.24, 2.45) is 42.3 Å². The van der Waals surface area contributed by atoms with Gasteiger partial charge in [0.15, 0.2) is 17.1 Å². The summed E-state index contributed by atoms with van der Waals surface area (Å²) >= 11 is 0. The first kappa shape index (κ1) is 77.4. The summed E-state index contributed by atoms with van der Waals surface area (Å²) in [5.41, 5.74) is 14.7. The minimum atomic E-state index is -1.04. The third kappa shape index (κ3) is 19.3. The van der Waals surface area contributed by atoms with Crippen LogP contribution >= 0.6 is 0 Å². The molecule has 0 aliphatic carbocycles. The van der Waals surface area contributed by atoms with Gasteiger partial charge in [-0.05, 0) is 124 Å². The molecule has 0 aromatic carbocycles. The van der Waals surface area contributed by atoms with Crippen molar-refractivity contribution in [3.63, 3.8) is 0 Å². The molecule has 12 heterocycles. The molecule has 0 unspecified atom stereocenters. The topological polar surface area (TPSA) is 427 Å². The lowest BCUT2D eigenvalue weighted by molar-refractivity contribution is 0.0675. The van der Waals surface area contributed by atoms with E-state index in [0.717, 1.165) is 33.6 Å². The van der Waals surface area contributed by atoms with Gasteiger partial charge in [0.2, 0.25) is 17.3 Å². The molecule has 0 aliphatic heterocycles. The summed E-state index contributed by atoms with van der Waals surface area (Å²) in [6, 6.07) is 21.9. The molecule has 0 aliphatic rings. The van der Waals surface area contributed by atoms with Gasteiger partial charge in [0, 0.05) is 107 Å². The molecule has 0 saturated heterocycles. The van der Waals surface area contributed by atoms with Gasteiger partial charge in [-0.3, -0.25) is 72.4 Å². The number of pyridine rings is 6. The van der Waals surface area contributed by atoms with Crippen LogP contribution in [-0.4, -0.2) is 189 Å². The summed E-state index contributed by atoms with van der Waals surface area (Å²) in [4.78, 5) is 93.8. The summed E-state index contributed by atoms with van der Waals surface area (Å²) in [6.45, 7) is 9.98. The molecular weight excluding hydrogens is 1330 g/mol. The summed E-state index contributed by atoms with van der Waals surface area (Å²) in [6.07, 6.45) is 15.8. The average molecular weight is 1410 g/mol. The van der Waals surface area contributed by atoms with Gasteiger partial charge >= 0.3 is 17.9 Å². The van der Waals surface area contributed by atoms with Gasteiger partial charge in [-0.2, -0.15) is 30.6 Å². The number of Topliss-reactive ketones (excluding diaryl/α,β-unsaturated/α-hetero) is 3. The fourth-order valence-electron chi connectivity index (χ4n) is 10.4. The van der Waals surface area contributed by atoms with Crippen molar-refractivity contribution in [3.05, 3.63) is 203 Å². The summed E-state index contributed by atoms with van der Waals surface area (Å²) in [5, 5.41) is 78.2. The minimum absolute atomic E-state index is 0.103. The van der Waals surface area contributed by atoms with Crippen molar-refractivity contribution in [2.75, 3.05) is 34.0 Å². The molecule has 0 amide bonds. The predicted molar refractivity (Wildman–Crippen MR) is 375 cm³/mol. The van der Waals surface area contributed by atoms with Crippen molar-refractivity contribution in [1.82, 2.24) is 88.6 Å². The Morgan fingerprint density at radius 1 is 0.330 bits per heavy atom. The highest BCUT2D eigenvalue weighted by atomic mass is 16.5. The van der Waals surface area contributed by atoms with E-state index in [-0.39, 0.29) is 28.6 Å². The van der Waals surface area contributed by atoms with E-state index in [9.17, 15) is 28.8 Å². The molecule has 0 fully saturated rings. The SMILES string of the molecule is COc1ccnc(-c2cnn(C)c2C(=O)CO)c1.COc1ccnc(-c2cnn(C)c2C(=O)O)c1.Cc1cc(C)nc(-c2cnn(C)c2C(=O)CO)c1.Cc1cc(C)nc(-c2cnn(C)c2C(=O)O)c1.Cc1ccnc(-c2cnn(C)c2C(=O)CO)c1.Cc1ccnc(-c2cnn(C)c2C(=O)O)c1. The number of aliphatic hydroxyl groups excluding tert-OH is 3. The molecule has 0 spiro atoms. The van der Waals surface area contributed by atoms with Crippen LogP contribution in [0.2, 0.25) is 0 Å². The molecule has 0 bridgehead atoms. The van der Waals surface area contributed by atoms with Crippen LogP contribution in [0.1, 0.15) is 96.6 Å². The Morgan fingerprint density at radius 3 is 0.816 bits per heavy atom. The van der Waals surface area contributed by atoms with E-state index in [2.05, 4.69) is 60.5 Å². The van der Waals surface area contributed by atoms with Crippen LogP contribution in [-0.2, 0) is 42.3 Å². The monoisotopic (exact) mass is 1400 g/mol. The molecule has 0 radical (unpaired) electrons. The molecule has 12 aromatic rings. The first-order chi connectivity index (χ1) is 49.0. The normalized spacial score (nSPS) is 10.5. The van der Waals surface area contributed by atoms with E-state index in [0.29, 0.717) is 96.1 Å². The lowest BCUT2D eigenvalue weighted by Gasteiger charge is -2.05. The predicted octanol–water partition coefficient (Wildman–Crippen LogP) is 7.38. The Labute approximate surface area is 589 Å². The van der Waals surface area contributed by atoms with Crippen LogP contribution < -0.4 is 9.47 Å². The number of aromatic nitrogens is 18. The maximum atomic E-state index is 11.7. The number of ether oxygens (including phenoxy) is 2. The third-order valence-electron chi connectivity index (χ3n) is 15.1. The highest BCUT2D eigenvalue weighted by Gasteiger charge is 2.24. The molecule has 6 N–H and O–H groups in total. The smallest absolute Gasteiger partial charge is 0.354 e. The van der Waals surface area contributed by atoms with E-state index in [4.69, 9.17) is 40.1 Å². The number of carboxylic acids is 3. The van der Waals surface area contributed by atoms with Crippen molar-refractivity contribution in [2.45, 2.75) is 41.5 Å².